The van der Waals surface area contributed by atoms with Crippen molar-refractivity contribution in [2.24, 2.45) is 11.3 Å². The number of carbonyl (C=O) groups excluding carboxylic acids is 1. The Kier molecular flexibility index (Phi) is 6.11. The molecule has 1 saturated carbocycles. The van der Waals surface area contributed by atoms with E-state index in [9.17, 15) is 4.79 Å². The number of hydrogen-bond acceptors (Lipinski definition) is 2. The van der Waals surface area contributed by atoms with Gasteiger partial charge in [-0.25, -0.2) is 0 Å². The minimum atomic E-state index is 0.0415. The van der Waals surface area contributed by atoms with Crippen LogP contribution < -0.4 is 5.32 Å². The molecule has 1 heterocycles. The molecule has 0 aromatic heterocycles. The molecule has 0 radical (unpaired) electrons. The number of likely N-dealkylation sites (tertiary alicyclic amines) is 1. The van der Waals surface area contributed by atoms with Crippen LogP contribution in [0.4, 0.5) is 5.69 Å². The fourth-order valence-corrected chi connectivity index (χ4v) is 5.60. The SMILES string of the molecule is Cc1cccc(N[C@@H]2CCC[C@@H]2C(=O)N2CCC(c3ccc(Cl)cc3)C(C)(C)C2)c1. The molecular formula is C26H33ClN2O. The Bertz CT molecular complexity index is 892. The first-order valence-electron chi connectivity index (χ1n) is 11.2. The number of nitrogens with zero attached hydrogens (tertiary/aromatic N) is 1. The van der Waals surface area contributed by atoms with Crippen LogP contribution in [-0.2, 0) is 4.79 Å². The van der Waals surface area contributed by atoms with Gasteiger partial charge in [0.25, 0.3) is 0 Å². The lowest BCUT2D eigenvalue weighted by Gasteiger charge is -2.45. The van der Waals surface area contributed by atoms with Gasteiger partial charge >= 0.3 is 0 Å². The van der Waals surface area contributed by atoms with Crippen LogP contribution in [0.1, 0.15) is 56.6 Å². The Morgan fingerprint density at radius 2 is 1.87 bits per heavy atom. The van der Waals surface area contributed by atoms with Gasteiger partial charge in [-0.3, -0.25) is 4.79 Å². The van der Waals surface area contributed by atoms with Crippen molar-refractivity contribution in [3.8, 4) is 0 Å². The molecule has 3 nitrogen and oxygen atoms in total. The Labute approximate surface area is 185 Å². The van der Waals surface area contributed by atoms with Crippen LogP contribution in [0.3, 0.4) is 0 Å². The van der Waals surface area contributed by atoms with Crippen molar-refractivity contribution in [1.82, 2.24) is 4.90 Å². The third kappa shape index (κ3) is 4.51. The molecule has 0 spiro atoms. The molecule has 2 aliphatic rings. The van der Waals surface area contributed by atoms with Gasteiger partial charge in [0, 0.05) is 29.8 Å². The number of nitrogens with one attached hydrogen (secondary N) is 1. The lowest BCUT2D eigenvalue weighted by atomic mass is 9.70. The smallest absolute Gasteiger partial charge is 0.227 e. The summed E-state index contributed by atoms with van der Waals surface area (Å²) in [5.74, 6) is 0.859. The highest BCUT2D eigenvalue weighted by molar-refractivity contribution is 6.30. The summed E-state index contributed by atoms with van der Waals surface area (Å²) >= 11 is 6.08. The number of carbonyl (C=O) groups is 1. The van der Waals surface area contributed by atoms with E-state index < -0.39 is 0 Å². The molecule has 1 aliphatic carbocycles. The van der Waals surface area contributed by atoms with Gasteiger partial charge in [0.1, 0.15) is 0 Å². The van der Waals surface area contributed by atoms with Crippen molar-refractivity contribution in [1.29, 1.82) is 0 Å². The average Bonchev–Trinajstić information content (AvgIpc) is 3.15. The molecule has 4 heteroatoms. The molecule has 2 fully saturated rings. The Hall–Kier alpha value is -2.00. The number of rotatable bonds is 4. The standard InChI is InChI=1S/C26H33ClN2O/c1-18-6-4-7-21(16-18)28-24-9-5-8-22(24)25(30)29-15-14-23(26(2,3)17-29)19-10-12-20(27)13-11-19/h4,6-7,10-13,16,22-24,28H,5,8-9,14-15,17H2,1-3H3/t22-,23?,24+/m0/s1. The summed E-state index contributed by atoms with van der Waals surface area (Å²) < 4.78 is 0. The molecule has 1 unspecified atom stereocenters. The fourth-order valence-electron chi connectivity index (χ4n) is 5.47. The van der Waals surface area contributed by atoms with Crippen LogP contribution in [0, 0.1) is 18.3 Å². The van der Waals surface area contributed by atoms with Gasteiger partial charge in [0.2, 0.25) is 5.91 Å². The fraction of sp³-hybridized carbons (Fsp3) is 0.500. The summed E-state index contributed by atoms with van der Waals surface area (Å²) in [6, 6.07) is 16.9. The maximum absolute atomic E-state index is 13.5. The van der Waals surface area contributed by atoms with E-state index in [-0.39, 0.29) is 17.4 Å². The summed E-state index contributed by atoms with van der Waals surface area (Å²) in [6.45, 7) is 8.34. The van der Waals surface area contributed by atoms with Gasteiger partial charge in [-0.2, -0.15) is 0 Å². The summed E-state index contributed by atoms with van der Waals surface area (Å²) in [5, 5.41) is 4.43. The first kappa shape index (κ1) is 21.2. The quantitative estimate of drug-likeness (QED) is 0.627. The molecule has 1 N–H and O–H groups in total. The molecule has 2 aromatic carbocycles. The zero-order valence-corrected chi connectivity index (χ0v) is 19.1. The molecule has 1 saturated heterocycles. The van der Waals surface area contributed by atoms with Crippen LogP contribution in [0.2, 0.25) is 5.02 Å². The molecule has 160 valence electrons. The number of anilines is 1. The van der Waals surface area contributed by atoms with E-state index in [1.54, 1.807) is 0 Å². The van der Waals surface area contributed by atoms with Gasteiger partial charge in [0.05, 0.1) is 5.92 Å². The number of benzene rings is 2. The van der Waals surface area contributed by atoms with Crippen molar-refractivity contribution in [3.05, 3.63) is 64.7 Å². The first-order chi connectivity index (χ1) is 14.3. The van der Waals surface area contributed by atoms with Crippen LogP contribution in [0.15, 0.2) is 48.5 Å². The predicted molar refractivity (Wildman–Crippen MR) is 125 cm³/mol. The van der Waals surface area contributed by atoms with Crippen LogP contribution in [0.25, 0.3) is 0 Å². The number of piperidine rings is 1. The van der Waals surface area contributed by atoms with Gasteiger partial charge in [-0.1, -0.05) is 56.1 Å². The number of aryl methyl sites for hydroxylation is 1. The average molecular weight is 425 g/mol. The van der Waals surface area contributed by atoms with E-state index in [2.05, 4.69) is 67.4 Å². The first-order valence-corrected chi connectivity index (χ1v) is 11.6. The molecule has 1 amide bonds. The van der Waals surface area contributed by atoms with Crippen LogP contribution in [-0.4, -0.2) is 29.9 Å². The number of amides is 1. The molecule has 2 aromatic rings. The number of halogens is 1. The summed E-state index contributed by atoms with van der Waals surface area (Å²) in [7, 11) is 0. The highest BCUT2D eigenvalue weighted by Crippen LogP contribution is 2.43. The third-order valence-corrected chi connectivity index (χ3v) is 7.27. The second kappa shape index (κ2) is 8.63. The van der Waals surface area contributed by atoms with Gasteiger partial charge in [-0.05, 0) is 72.9 Å². The van der Waals surface area contributed by atoms with E-state index in [0.717, 1.165) is 49.5 Å². The van der Waals surface area contributed by atoms with E-state index in [1.165, 1.54) is 11.1 Å². The minimum absolute atomic E-state index is 0.0415. The van der Waals surface area contributed by atoms with Crippen molar-refractivity contribution in [3.63, 3.8) is 0 Å². The minimum Gasteiger partial charge on any atom is -0.382 e. The predicted octanol–water partition coefficient (Wildman–Crippen LogP) is 6.27. The molecule has 1 aliphatic heterocycles. The molecule has 30 heavy (non-hydrogen) atoms. The second-order valence-corrected chi connectivity index (χ2v) is 10.2. The molecule has 4 rings (SSSR count). The van der Waals surface area contributed by atoms with Crippen LogP contribution >= 0.6 is 11.6 Å². The van der Waals surface area contributed by atoms with Gasteiger partial charge < -0.3 is 10.2 Å². The van der Waals surface area contributed by atoms with Crippen molar-refractivity contribution in [2.75, 3.05) is 18.4 Å². The topological polar surface area (TPSA) is 32.3 Å². The zero-order chi connectivity index (χ0) is 21.3. The molecule has 3 atom stereocenters. The molecule has 0 bridgehead atoms. The lowest BCUT2D eigenvalue weighted by Crippen LogP contribution is -2.50. The largest absolute Gasteiger partial charge is 0.382 e. The van der Waals surface area contributed by atoms with Crippen molar-refractivity contribution in [2.45, 2.75) is 58.4 Å². The van der Waals surface area contributed by atoms with Gasteiger partial charge in [-0.15, -0.1) is 0 Å². The van der Waals surface area contributed by atoms with Crippen molar-refractivity contribution >= 4 is 23.2 Å². The third-order valence-electron chi connectivity index (χ3n) is 7.02. The zero-order valence-electron chi connectivity index (χ0n) is 18.3. The Morgan fingerprint density at radius 1 is 1.10 bits per heavy atom. The van der Waals surface area contributed by atoms with E-state index >= 15 is 0 Å². The summed E-state index contributed by atoms with van der Waals surface area (Å²) in [5.41, 5.74) is 3.74. The highest BCUT2D eigenvalue weighted by Gasteiger charge is 2.42. The van der Waals surface area contributed by atoms with E-state index in [4.69, 9.17) is 11.6 Å². The molecular weight excluding hydrogens is 392 g/mol. The van der Waals surface area contributed by atoms with E-state index in [1.807, 2.05) is 12.1 Å². The maximum atomic E-state index is 13.5. The summed E-state index contributed by atoms with van der Waals surface area (Å²) in [4.78, 5) is 15.6. The number of hydrogen-bond donors (Lipinski definition) is 1. The normalized spacial score (nSPS) is 25.9. The maximum Gasteiger partial charge on any atom is 0.227 e. The monoisotopic (exact) mass is 424 g/mol. The van der Waals surface area contributed by atoms with Crippen LogP contribution in [0.5, 0.6) is 0 Å². The highest BCUT2D eigenvalue weighted by atomic mass is 35.5. The second-order valence-electron chi connectivity index (χ2n) is 9.80. The van der Waals surface area contributed by atoms with E-state index in [0.29, 0.717) is 11.8 Å². The van der Waals surface area contributed by atoms with Crippen molar-refractivity contribution < 1.29 is 4.79 Å². The Balaban J connectivity index is 1.44. The lowest BCUT2D eigenvalue weighted by molar-refractivity contribution is -0.139. The summed E-state index contributed by atoms with van der Waals surface area (Å²) in [6.07, 6.45) is 4.17. The van der Waals surface area contributed by atoms with Gasteiger partial charge in [0.15, 0.2) is 0 Å². The Morgan fingerprint density at radius 3 is 2.57 bits per heavy atom.